The van der Waals surface area contributed by atoms with Crippen LogP contribution in [0.4, 0.5) is 5.82 Å². The number of imidazole rings is 1. The van der Waals surface area contributed by atoms with Crippen molar-refractivity contribution in [1.29, 1.82) is 0 Å². The van der Waals surface area contributed by atoms with Crippen molar-refractivity contribution in [2.24, 2.45) is 0 Å². The van der Waals surface area contributed by atoms with Gasteiger partial charge in [-0.05, 0) is 61.0 Å². The molecule has 158 valence electrons. The van der Waals surface area contributed by atoms with E-state index in [4.69, 9.17) is 19.2 Å². The number of aromatic nitrogens is 2. The lowest BCUT2D eigenvalue weighted by Gasteiger charge is -2.11. The number of nitrogens with zero attached hydrogens (tertiary/aromatic N) is 2. The third-order valence-electron chi connectivity index (χ3n) is 5.01. The average molecular weight is 417 g/mol. The Hall–Kier alpha value is -4.00. The zero-order chi connectivity index (χ0) is 22.0. The zero-order valence-electron chi connectivity index (χ0n) is 17.8. The Morgan fingerprint density at radius 2 is 1.65 bits per heavy atom. The van der Waals surface area contributed by atoms with E-state index in [9.17, 15) is 4.79 Å². The summed E-state index contributed by atoms with van der Waals surface area (Å²) in [6.07, 6.45) is 1.94. The Kier molecular flexibility index (Phi) is 5.49. The maximum atomic E-state index is 13.0. The summed E-state index contributed by atoms with van der Waals surface area (Å²) in [4.78, 5) is 17.8. The second-order valence-electron chi connectivity index (χ2n) is 7.00. The predicted octanol–water partition coefficient (Wildman–Crippen LogP) is 4.59. The molecule has 7 nitrogen and oxygen atoms in total. The van der Waals surface area contributed by atoms with Crippen molar-refractivity contribution in [2.45, 2.75) is 6.92 Å². The monoisotopic (exact) mass is 417 g/mol. The number of carbonyl (C=O) groups is 1. The van der Waals surface area contributed by atoms with Gasteiger partial charge in [-0.25, -0.2) is 4.98 Å². The standard InChI is InChI=1S/C24H23N3O4/c1-15-5-12-21-25-22(17-8-11-19(30-3)20(13-17)31-4)23(27(21)14-15)26-24(28)16-6-9-18(29-2)10-7-16/h5-14H,1-4H3,(H,26,28). The molecule has 0 bridgehead atoms. The number of ether oxygens (including phenoxy) is 3. The Morgan fingerprint density at radius 3 is 2.32 bits per heavy atom. The Morgan fingerprint density at radius 1 is 0.903 bits per heavy atom. The summed E-state index contributed by atoms with van der Waals surface area (Å²) in [7, 11) is 4.76. The quantitative estimate of drug-likeness (QED) is 0.497. The van der Waals surface area contributed by atoms with Crippen LogP contribution in [0.2, 0.25) is 0 Å². The largest absolute Gasteiger partial charge is 0.497 e. The van der Waals surface area contributed by atoms with Crippen molar-refractivity contribution in [3.8, 4) is 28.5 Å². The van der Waals surface area contributed by atoms with E-state index >= 15 is 0 Å². The first kappa shape index (κ1) is 20.3. The Labute approximate surface area is 180 Å². The SMILES string of the molecule is COc1ccc(C(=O)Nc2c(-c3ccc(OC)c(OC)c3)nc3ccc(C)cn23)cc1. The number of hydrogen-bond acceptors (Lipinski definition) is 5. The van der Waals surface area contributed by atoms with Gasteiger partial charge in [0.25, 0.3) is 5.91 Å². The molecule has 0 aliphatic heterocycles. The maximum Gasteiger partial charge on any atom is 0.256 e. The summed E-state index contributed by atoms with van der Waals surface area (Å²) >= 11 is 0. The molecule has 0 atom stereocenters. The van der Waals surface area contributed by atoms with Crippen molar-refractivity contribution < 1.29 is 19.0 Å². The molecule has 0 aliphatic rings. The molecule has 4 aromatic rings. The van der Waals surface area contributed by atoms with Crippen molar-refractivity contribution >= 4 is 17.4 Å². The van der Waals surface area contributed by atoms with Crippen molar-refractivity contribution in [1.82, 2.24) is 9.38 Å². The number of methoxy groups -OCH3 is 3. The Bertz CT molecular complexity index is 1250. The molecular formula is C24H23N3O4. The maximum absolute atomic E-state index is 13.0. The highest BCUT2D eigenvalue weighted by Crippen LogP contribution is 2.35. The molecule has 2 aromatic heterocycles. The van der Waals surface area contributed by atoms with Crippen LogP contribution >= 0.6 is 0 Å². The molecular weight excluding hydrogens is 394 g/mol. The lowest BCUT2D eigenvalue weighted by molar-refractivity contribution is 0.102. The summed E-state index contributed by atoms with van der Waals surface area (Å²) < 4.78 is 17.8. The van der Waals surface area contributed by atoms with Gasteiger partial charge in [-0.3, -0.25) is 9.20 Å². The third-order valence-corrected chi connectivity index (χ3v) is 5.01. The molecule has 31 heavy (non-hydrogen) atoms. The number of nitrogens with one attached hydrogen (secondary N) is 1. The van der Waals surface area contributed by atoms with Crippen molar-refractivity contribution in [2.75, 3.05) is 26.6 Å². The van der Waals surface area contributed by atoms with E-state index in [0.717, 1.165) is 16.8 Å². The first-order chi connectivity index (χ1) is 15.0. The number of fused-ring (bicyclic) bond motifs is 1. The molecule has 1 N–H and O–H groups in total. The number of amides is 1. The minimum Gasteiger partial charge on any atom is -0.497 e. The number of rotatable bonds is 6. The molecule has 1 amide bonds. The lowest BCUT2D eigenvalue weighted by Crippen LogP contribution is -2.14. The van der Waals surface area contributed by atoms with Crippen LogP contribution in [-0.4, -0.2) is 36.6 Å². The molecule has 0 aliphatic carbocycles. The lowest BCUT2D eigenvalue weighted by atomic mass is 10.1. The van der Waals surface area contributed by atoms with Gasteiger partial charge in [-0.2, -0.15) is 0 Å². The van der Waals surface area contributed by atoms with E-state index in [0.29, 0.717) is 34.3 Å². The molecule has 0 saturated carbocycles. The normalized spacial score (nSPS) is 10.7. The molecule has 0 unspecified atom stereocenters. The summed E-state index contributed by atoms with van der Waals surface area (Å²) in [5.74, 6) is 2.22. The van der Waals surface area contributed by atoms with Crippen molar-refractivity contribution in [3.05, 3.63) is 71.9 Å². The average Bonchev–Trinajstić information content (AvgIpc) is 3.15. The topological polar surface area (TPSA) is 74.1 Å². The van der Waals surface area contributed by atoms with E-state index in [2.05, 4.69) is 5.32 Å². The van der Waals surface area contributed by atoms with Gasteiger partial charge in [0.1, 0.15) is 22.9 Å². The molecule has 0 fully saturated rings. The van der Waals surface area contributed by atoms with E-state index in [1.807, 2.05) is 47.9 Å². The predicted molar refractivity (Wildman–Crippen MR) is 119 cm³/mol. The summed E-state index contributed by atoms with van der Waals surface area (Å²) in [6, 6.07) is 16.4. The number of hydrogen-bond donors (Lipinski definition) is 1. The van der Waals surface area contributed by atoms with E-state index in [-0.39, 0.29) is 5.91 Å². The number of anilines is 1. The molecule has 4 rings (SSSR count). The third kappa shape index (κ3) is 3.90. The Balaban J connectivity index is 1.81. The number of benzene rings is 2. The smallest absolute Gasteiger partial charge is 0.256 e. The van der Waals surface area contributed by atoms with Crippen LogP contribution in [0.25, 0.3) is 16.9 Å². The molecule has 0 spiro atoms. The summed E-state index contributed by atoms with van der Waals surface area (Å²) in [6.45, 7) is 1.99. The van der Waals surface area contributed by atoms with Gasteiger partial charge in [0.2, 0.25) is 0 Å². The van der Waals surface area contributed by atoms with Gasteiger partial charge in [0.15, 0.2) is 11.5 Å². The number of carbonyl (C=O) groups excluding carboxylic acids is 1. The van der Waals surface area contributed by atoms with Crippen LogP contribution in [0.5, 0.6) is 17.2 Å². The molecule has 0 saturated heterocycles. The second-order valence-corrected chi connectivity index (χ2v) is 7.00. The number of pyridine rings is 1. The fraction of sp³-hybridized carbons (Fsp3) is 0.167. The van der Waals surface area contributed by atoms with Crippen LogP contribution in [0.3, 0.4) is 0 Å². The molecule has 7 heteroatoms. The van der Waals surface area contributed by atoms with E-state index in [1.165, 1.54) is 0 Å². The van der Waals surface area contributed by atoms with Gasteiger partial charge < -0.3 is 19.5 Å². The molecule has 2 heterocycles. The van der Waals surface area contributed by atoms with Crippen LogP contribution in [0.1, 0.15) is 15.9 Å². The minimum absolute atomic E-state index is 0.243. The summed E-state index contributed by atoms with van der Waals surface area (Å²) in [5.41, 5.74) is 3.71. The first-order valence-electron chi connectivity index (χ1n) is 9.70. The fourth-order valence-corrected chi connectivity index (χ4v) is 3.38. The van der Waals surface area contributed by atoms with Gasteiger partial charge in [-0.1, -0.05) is 6.07 Å². The van der Waals surface area contributed by atoms with Crippen LogP contribution in [0.15, 0.2) is 60.8 Å². The highest BCUT2D eigenvalue weighted by Gasteiger charge is 2.19. The number of aryl methyl sites for hydroxylation is 1. The van der Waals surface area contributed by atoms with Crippen LogP contribution in [-0.2, 0) is 0 Å². The molecule has 2 aromatic carbocycles. The fourth-order valence-electron chi connectivity index (χ4n) is 3.38. The summed E-state index contributed by atoms with van der Waals surface area (Å²) in [5, 5.41) is 3.03. The zero-order valence-corrected chi connectivity index (χ0v) is 17.8. The van der Waals surface area contributed by atoms with Gasteiger partial charge in [-0.15, -0.1) is 0 Å². The van der Waals surface area contributed by atoms with E-state index < -0.39 is 0 Å². The van der Waals surface area contributed by atoms with Crippen molar-refractivity contribution in [3.63, 3.8) is 0 Å². The minimum atomic E-state index is -0.243. The van der Waals surface area contributed by atoms with Crippen LogP contribution < -0.4 is 19.5 Å². The highest BCUT2D eigenvalue weighted by atomic mass is 16.5. The molecule has 0 radical (unpaired) electrons. The van der Waals surface area contributed by atoms with Gasteiger partial charge >= 0.3 is 0 Å². The van der Waals surface area contributed by atoms with Crippen LogP contribution in [0, 0.1) is 6.92 Å². The van der Waals surface area contributed by atoms with Gasteiger partial charge in [0.05, 0.1) is 21.3 Å². The first-order valence-corrected chi connectivity index (χ1v) is 9.70. The van der Waals surface area contributed by atoms with Gasteiger partial charge in [0, 0.05) is 17.3 Å². The van der Waals surface area contributed by atoms with E-state index in [1.54, 1.807) is 45.6 Å². The highest BCUT2D eigenvalue weighted by molar-refractivity contribution is 6.06. The second kappa shape index (κ2) is 8.39.